The molecular formula is C17H23FN6O. The molecule has 7 nitrogen and oxygen atoms in total. The van der Waals surface area contributed by atoms with Crippen LogP contribution < -0.4 is 4.90 Å². The lowest BCUT2D eigenvalue weighted by molar-refractivity contribution is -0.116. The van der Waals surface area contributed by atoms with Gasteiger partial charge in [0.1, 0.15) is 0 Å². The normalized spacial score (nSPS) is 24.8. The minimum absolute atomic E-state index is 0.212. The van der Waals surface area contributed by atoms with Gasteiger partial charge in [0.05, 0.1) is 37.3 Å². The quantitative estimate of drug-likeness (QED) is 0.833. The van der Waals surface area contributed by atoms with Crippen molar-refractivity contribution in [2.75, 3.05) is 37.7 Å². The molecule has 0 radical (unpaired) electrons. The summed E-state index contributed by atoms with van der Waals surface area (Å²) in [7, 11) is 1.94. The van der Waals surface area contributed by atoms with Gasteiger partial charge >= 0.3 is 0 Å². The van der Waals surface area contributed by atoms with Crippen LogP contribution in [0.25, 0.3) is 0 Å². The summed E-state index contributed by atoms with van der Waals surface area (Å²) >= 11 is 0. The molecule has 0 unspecified atom stereocenters. The van der Waals surface area contributed by atoms with Crippen LogP contribution in [-0.4, -0.2) is 63.0 Å². The Bertz CT molecular complexity index is 716. The Morgan fingerprint density at radius 2 is 2.04 bits per heavy atom. The minimum atomic E-state index is -0.410. The van der Waals surface area contributed by atoms with Crippen LogP contribution in [0.4, 0.5) is 10.3 Å². The van der Waals surface area contributed by atoms with Gasteiger partial charge in [0, 0.05) is 45.0 Å². The molecule has 4 rings (SSSR count). The number of hydrogen-bond donors (Lipinski definition) is 0. The highest BCUT2D eigenvalue weighted by Gasteiger charge is 2.41. The van der Waals surface area contributed by atoms with E-state index in [9.17, 15) is 4.39 Å². The number of hydrogen-bond acceptors (Lipinski definition) is 6. The van der Waals surface area contributed by atoms with Crippen molar-refractivity contribution in [3.05, 3.63) is 36.2 Å². The number of ether oxygens (including phenoxy) is 1. The van der Waals surface area contributed by atoms with Gasteiger partial charge in [-0.25, -0.2) is 14.4 Å². The summed E-state index contributed by atoms with van der Waals surface area (Å²) < 4.78 is 21.1. The first kappa shape index (κ1) is 16.4. The van der Waals surface area contributed by atoms with Crippen molar-refractivity contribution in [1.29, 1.82) is 0 Å². The zero-order valence-corrected chi connectivity index (χ0v) is 14.4. The van der Waals surface area contributed by atoms with Crippen molar-refractivity contribution in [1.82, 2.24) is 24.6 Å². The van der Waals surface area contributed by atoms with Crippen molar-refractivity contribution in [2.45, 2.75) is 25.0 Å². The topological polar surface area (TPSA) is 59.3 Å². The first-order valence-electron chi connectivity index (χ1n) is 8.68. The minimum Gasteiger partial charge on any atom is -0.370 e. The van der Waals surface area contributed by atoms with Crippen molar-refractivity contribution in [3.8, 4) is 0 Å². The first-order valence-corrected chi connectivity index (χ1v) is 8.68. The molecular weight excluding hydrogens is 323 g/mol. The first-order chi connectivity index (χ1) is 12.1. The van der Waals surface area contributed by atoms with Gasteiger partial charge < -0.3 is 9.64 Å². The predicted molar refractivity (Wildman–Crippen MR) is 90.6 cm³/mol. The smallest absolute Gasteiger partial charge is 0.225 e. The van der Waals surface area contributed by atoms with Crippen molar-refractivity contribution in [2.24, 2.45) is 7.05 Å². The van der Waals surface area contributed by atoms with Crippen LogP contribution in [0.15, 0.2) is 24.8 Å². The number of morpholine rings is 1. The van der Waals surface area contributed by atoms with E-state index in [4.69, 9.17) is 4.74 Å². The second-order valence-electron chi connectivity index (χ2n) is 6.99. The molecule has 2 aliphatic rings. The maximum Gasteiger partial charge on any atom is 0.225 e. The number of rotatable bonds is 3. The van der Waals surface area contributed by atoms with E-state index >= 15 is 0 Å². The molecule has 0 aliphatic carbocycles. The third-order valence-corrected chi connectivity index (χ3v) is 4.92. The molecule has 2 saturated heterocycles. The highest BCUT2D eigenvalue weighted by atomic mass is 19.1. The van der Waals surface area contributed by atoms with Crippen LogP contribution in [0, 0.1) is 5.82 Å². The fourth-order valence-electron chi connectivity index (χ4n) is 3.85. The molecule has 2 aromatic rings. The van der Waals surface area contributed by atoms with E-state index in [2.05, 4.69) is 31.1 Å². The van der Waals surface area contributed by atoms with Gasteiger partial charge in [0.25, 0.3) is 0 Å². The number of anilines is 1. The van der Waals surface area contributed by atoms with Gasteiger partial charge in [-0.05, 0) is 12.8 Å². The largest absolute Gasteiger partial charge is 0.370 e. The van der Waals surface area contributed by atoms with Crippen LogP contribution in [0.2, 0.25) is 0 Å². The third kappa shape index (κ3) is 3.64. The maximum absolute atomic E-state index is 13.1. The molecule has 1 atom stereocenters. The van der Waals surface area contributed by atoms with Crippen LogP contribution in [0.1, 0.15) is 18.4 Å². The molecule has 0 amide bonds. The van der Waals surface area contributed by atoms with E-state index in [1.54, 1.807) is 0 Å². The van der Waals surface area contributed by atoms with Gasteiger partial charge in [0.15, 0.2) is 5.82 Å². The molecule has 134 valence electrons. The summed E-state index contributed by atoms with van der Waals surface area (Å²) in [6.45, 7) is 5.01. The van der Waals surface area contributed by atoms with E-state index in [1.165, 1.54) is 18.0 Å². The lowest BCUT2D eigenvalue weighted by Crippen LogP contribution is -2.59. The van der Waals surface area contributed by atoms with E-state index in [0.29, 0.717) is 5.95 Å². The lowest BCUT2D eigenvalue weighted by atomic mass is 9.90. The Labute approximate surface area is 146 Å². The molecule has 1 spiro atoms. The van der Waals surface area contributed by atoms with Crippen LogP contribution in [0.5, 0.6) is 0 Å². The second kappa shape index (κ2) is 6.68. The molecule has 8 heteroatoms. The Kier molecular flexibility index (Phi) is 4.39. The summed E-state index contributed by atoms with van der Waals surface area (Å²) in [6.07, 6.45) is 8.46. The van der Waals surface area contributed by atoms with E-state index in [-0.39, 0.29) is 5.60 Å². The zero-order valence-electron chi connectivity index (χ0n) is 14.4. The molecule has 25 heavy (non-hydrogen) atoms. The lowest BCUT2D eigenvalue weighted by Gasteiger charge is -2.48. The standard InChI is InChI=1S/C17H23FN6O/c1-22-10-14(7-21-22)11-23-5-6-25-17(12-23)3-2-4-24(13-17)16-19-8-15(18)9-20-16/h7-10H,2-6,11-13H2,1H3/t17-/m1/s1. The van der Waals surface area contributed by atoms with Gasteiger partial charge in [-0.1, -0.05) is 0 Å². The Morgan fingerprint density at radius 3 is 2.80 bits per heavy atom. The number of nitrogens with zero attached hydrogens (tertiary/aromatic N) is 6. The highest BCUT2D eigenvalue weighted by Crippen LogP contribution is 2.31. The number of aromatic nitrogens is 4. The van der Waals surface area contributed by atoms with Crippen molar-refractivity contribution < 1.29 is 9.13 Å². The fourth-order valence-corrected chi connectivity index (χ4v) is 3.85. The average molecular weight is 346 g/mol. The van der Waals surface area contributed by atoms with Gasteiger partial charge in [-0.2, -0.15) is 5.10 Å². The van der Waals surface area contributed by atoms with E-state index < -0.39 is 5.82 Å². The molecule has 2 aliphatic heterocycles. The van der Waals surface area contributed by atoms with Crippen LogP contribution >= 0.6 is 0 Å². The highest BCUT2D eigenvalue weighted by molar-refractivity contribution is 5.31. The number of piperidine rings is 1. The van der Waals surface area contributed by atoms with Gasteiger partial charge in [-0.15, -0.1) is 0 Å². The van der Waals surface area contributed by atoms with Crippen LogP contribution in [0.3, 0.4) is 0 Å². The summed E-state index contributed by atoms with van der Waals surface area (Å²) in [6, 6.07) is 0. The van der Waals surface area contributed by atoms with Crippen molar-refractivity contribution in [3.63, 3.8) is 0 Å². The third-order valence-electron chi connectivity index (χ3n) is 4.92. The molecule has 2 aromatic heterocycles. The summed E-state index contributed by atoms with van der Waals surface area (Å²) in [5.74, 6) is 0.167. The molecule has 0 N–H and O–H groups in total. The summed E-state index contributed by atoms with van der Waals surface area (Å²) in [5.41, 5.74) is 1.00. The van der Waals surface area contributed by atoms with E-state index in [0.717, 1.165) is 52.2 Å². The van der Waals surface area contributed by atoms with Crippen molar-refractivity contribution >= 4 is 5.95 Å². The molecule has 0 saturated carbocycles. The van der Waals surface area contributed by atoms with E-state index in [1.807, 2.05) is 17.9 Å². The summed E-state index contributed by atoms with van der Waals surface area (Å²) in [5, 5.41) is 4.25. The van der Waals surface area contributed by atoms with Crippen LogP contribution in [-0.2, 0) is 18.3 Å². The SMILES string of the molecule is Cn1cc(CN2CCO[C@]3(CCCN(c4ncc(F)cn4)C3)C2)cn1. The Hall–Kier alpha value is -2.06. The van der Waals surface area contributed by atoms with Gasteiger partial charge in [-0.3, -0.25) is 9.58 Å². The van der Waals surface area contributed by atoms with Gasteiger partial charge in [0.2, 0.25) is 5.95 Å². The zero-order chi connectivity index (χ0) is 17.3. The summed E-state index contributed by atoms with van der Waals surface area (Å²) in [4.78, 5) is 12.8. The molecule has 0 aromatic carbocycles. The molecule has 4 heterocycles. The molecule has 2 fully saturated rings. The molecule has 0 bridgehead atoms. The average Bonchev–Trinajstić information content (AvgIpc) is 3.00. The second-order valence-corrected chi connectivity index (χ2v) is 6.99. The number of halogens is 1. The fraction of sp³-hybridized carbons (Fsp3) is 0.588. The Morgan fingerprint density at radius 1 is 1.20 bits per heavy atom. The monoisotopic (exact) mass is 346 g/mol. The number of aryl methyl sites for hydroxylation is 1. The Balaban J connectivity index is 1.45. The predicted octanol–water partition coefficient (Wildman–Crippen LogP) is 1.22. The maximum atomic E-state index is 13.1.